The second-order valence-corrected chi connectivity index (χ2v) is 3.80. The number of aliphatic hydroxyl groups is 2. The van der Waals surface area contributed by atoms with Crippen LogP contribution in [0.2, 0.25) is 0 Å². The van der Waals surface area contributed by atoms with Crippen molar-refractivity contribution in [2.24, 2.45) is 0 Å². The zero-order valence-electron chi connectivity index (χ0n) is 8.29. The number of allylic oxidation sites excluding steroid dienone is 2. The highest BCUT2D eigenvalue weighted by Gasteiger charge is 1.97. The van der Waals surface area contributed by atoms with Crippen LogP contribution in [-0.4, -0.2) is 10.2 Å². The predicted octanol–water partition coefficient (Wildman–Crippen LogP) is 4.12. The molecule has 0 aromatic rings. The first kappa shape index (κ1) is 12.4. The summed E-state index contributed by atoms with van der Waals surface area (Å²) in [5, 5.41) is 18.9. The van der Waals surface area contributed by atoms with Crippen molar-refractivity contribution in [3.05, 3.63) is 22.3 Å². The van der Waals surface area contributed by atoms with Crippen LogP contribution in [0.25, 0.3) is 0 Å². The monoisotopic (exact) mass is 202 g/mol. The van der Waals surface area contributed by atoms with Crippen molar-refractivity contribution in [1.29, 1.82) is 0 Å². The minimum atomic E-state index is 0.187. The molecular weight excluding hydrogens is 184 g/mol. The first-order valence-corrected chi connectivity index (χ1v) is 5.48. The second-order valence-electron chi connectivity index (χ2n) is 2.76. The second kappa shape index (κ2) is 8.05. The molecule has 2 nitrogen and oxygen atoms in total. The van der Waals surface area contributed by atoms with Gasteiger partial charge in [-0.3, -0.25) is 0 Å². The van der Waals surface area contributed by atoms with Crippen molar-refractivity contribution in [2.75, 3.05) is 0 Å². The van der Waals surface area contributed by atoms with Crippen LogP contribution in [-0.2, 0) is 0 Å². The molecule has 0 atom stereocenters. The smallest absolute Gasteiger partial charge is 0.153 e. The maximum Gasteiger partial charge on any atom is 0.153 e. The Balaban J connectivity index is 3.82. The van der Waals surface area contributed by atoms with E-state index in [1.807, 2.05) is 13.8 Å². The molecule has 2 N–H and O–H groups in total. The molecule has 0 aliphatic rings. The van der Waals surface area contributed by atoms with Crippen molar-refractivity contribution in [2.45, 2.75) is 39.5 Å². The quantitative estimate of drug-likeness (QED) is 0.636. The zero-order chi connectivity index (χ0) is 10.1. The fraction of sp³-hybridized carbons (Fsp3) is 0.600. The van der Waals surface area contributed by atoms with Crippen LogP contribution in [0.1, 0.15) is 39.5 Å². The Labute approximate surface area is 84.4 Å². The maximum absolute atomic E-state index is 9.27. The molecule has 0 spiro atoms. The number of hydrogen-bond donors (Lipinski definition) is 2. The van der Waals surface area contributed by atoms with Gasteiger partial charge >= 0.3 is 0 Å². The average molecular weight is 202 g/mol. The van der Waals surface area contributed by atoms with Gasteiger partial charge in [0.2, 0.25) is 0 Å². The highest BCUT2D eigenvalue weighted by Crippen LogP contribution is 2.21. The molecule has 0 saturated heterocycles. The van der Waals surface area contributed by atoms with Gasteiger partial charge in [-0.1, -0.05) is 26.7 Å². The predicted molar refractivity (Wildman–Crippen MR) is 58.8 cm³/mol. The summed E-state index contributed by atoms with van der Waals surface area (Å²) >= 11 is 1.01. The molecule has 0 bridgehead atoms. The summed E-state index contributed by atoms with van der Waals surface area (Å²) in [4.78, 5) is 0. The summed E-state index contributed by atoms with van der Waals surface area (Å²) < 4.78 is 0. The van der Waals surface area contributed by atoms with Gasteiger partial charge in [0.25, 0.3) is 0 Å². The van der Waals surface area contributed by atoms with E-state index in [1.165, 1.54) is 0 Å². The summed E-state index contributed by atoms with van der Waals surface area (Å²) in [5.74, 6) is 0. The van der Waals surface area contributed by atoms with E-state index >= 15 is 0 Å². The molecule has 13 heavy (non-hydrogen) atoms. The van der Waals surface area contributed by atoms with Crippen LogP contribution in [0, 0.1) is 0 Å². The molecule has 0 aromatic carbocycles. The third-order valence-electron chi connectivity index (χ3n) is 1.42. The molecule has 0 aliphatic carbocycles. The minimum absolute atomic E-state index is 0.187. The van der Waals surface area contributed by atoms with Crippen LogP contribution in [0.3, 0.4) is 0 Å². The molecule has 0 rings (SSSR count). The van der Waals surface area contributed by atoms with Crippen molar-refractivity contribution in [3.8, 4) is 0 Å². The molecule has 0 heterocycles. The van der Waals surface area contributed by atoms with Crippen molar-refractivity contribution < 1.29 is 10.2 Å². The van der Waals surface area contributed by atoms with Gasteiger partial charge in [0.15, 0.2) is 10.2 Å². The normalized spacial score (nSPS) is 13.4. The molecule has 0 unspecified atom stereocenters. The number of hydrogen-bond acceptors (Lipinski definition) is 3. The average Bonchev–Trinajstić information content (AvgIpc) is 2.11. The van der Waals surface area contributed by atoms with Crippen LogP contribution >= 0.6 is 11.8 Å². The van der Waals surface area contributed by atoms with E-state index in [0.29, 0.717) is 0 Å². The molecule has 0 aromatic heterocycles. The summed E-state index contributed by atoms with van der Waals surface area (Å²) in [6.07, 6.45) is 7.15. The molecule has 0 aliphatic heterocycles. The Morgan fingerprint density at radius 3 is 1.69 bits per heavy atom. The first-order valence-electron chi connectivity index (χ1n) is 4.66. The Kier molecular flexibility index (Phi) is 7.69. The third kappa shape index (κ3) is 7.78. The highest BCUT2D eigenvalue weighted by atomic mass is 32.2. The van der Waals surface area contributed by atoms with Crippen LogP contribution in [0.15, 0.2) is 22.3 Å². The molecule has 3 heteroatoms. The van der Waals surface area contributed by atoms with E-state index in [0.717, 1.165) is 37.4 Å². The van der Waals surface area contributed by atoms with Crippen molar-refractivity contribution in [1.82, 2.24) is 0 Å². The van der Waals surface area contributed by atoms with Crippen molar-refractivity contribution in [3.63, 3.8) is 0 Å². The fourth-order valence-electron chi connectivity index (χ4n) is 0.726. The molecule has 0 fully saturated rings. The lowest BCUT2D eigenvalue weighted by atomic mass is 10.3. The number of unbranched alkanes of at least 4 members (excludes halogenated alkanes) is 2. The molecule has 76 valence electrons. The van der Waals surface area contributed by atoms with E-state index in [-0.39, 0.29) is 10.2 Å². The standard InChI is InChI=1S/C10H18O2S/c1-3-5-7-9(11)13-10(12)8-6-4-2/h7-8,11-12H,3-6H2,1-2H3/b9-7-,10-8-. The van der Waals surface area contributed by atoms with Gasteiger partial charge in [0.05, 0.1) is 0 Å². The van der Waals surface area contributed by atoms with E-state index in [2.05, 4.69) is 0 Å². The lowest BCUT2D eigenvalue weighted by Crippen LogP contribution is -1.78. The van der Waals surface area contributed by atoms with Gasteiger partial charge in [-0.2, -0.15) is 0 Å². The topological polar surface area (TPSA) is 40.5 Å². The van der Waals surface area contributed by atoms with Crippen LogP contribution in [0.5, 0.6) is 0 Å². The number of rotatable bonds is 6. The minimum Gasteiger partial charge on any atom is -0.502 e. The van der Waals surface area contributed by atoms with Gasteiger partial charge < -0.3 is 10.2 Å². The van der Waals surface area contributed by atoms with Crippen LogP contribution in [0.4, 0.5) is 0 Å². The van der Waals surface area contributed by atoms with Gasteiger partial charge in [-0.15, -0.1) is 0 Å². The van der Waals surface area contributed by atoms with E-state index < -0.39 is 0 Å². The summed E-state index contributed by atoms with van der Waals surface area (Å²) in [5.41, 5.74) is 0. The van der Waals surface area contributed by atoms with Gasteiger partial charge in [0.1, 0.15) is 0 Å². The number of thioether (sulfide) groups is 1. The zero-order valence-corrected chi connectivity index (χ0v) is 9.10. The summed E-state index contributed by atoms with van der Waals surface area (Å²) in [6, 6.07) is 0. The van der Waals surface area contributed by atoms with Gasteiger partial charge in [0, 0.05) is 0 Å². The molecule has 0 radical (unpaired) electrons. The summed E-state index contributed by atoms with van der Waals surface area (Å²) in [6.45, 7) is 4.09. The lowest BCUT2D eigenvalue weighted by molar-refractivity contribution is 0.438. The Morgan fingerprint density at radius 1 is 1.00 bits per heavy atom. The Morgan fingerprint density at radius 2 is 1.38 bits per heavy atom. The third-order valence-corrected chi connectivity index (χ3v) is 2.18. The summed E-state index contributed by atoms with van der Waals surface area (Å²) in [7, 11) is 0. The molecular formula is C10H18O2S. The fourth-order valence-corrected chi connectivity index (χ4v) is 1.34. The number of aliphatic hydroxyl groups excluding tert-OH is 2. The van der Waals surface area contributed by atoms with Gasteiger partial charge in [-0.05, 0) is 36.8 Å². The Bertz CT molecular complexity index is 165. The highest BCUT2D eigenvalue weighted by molar-refractivity contribution is 8.06. The Hall–Kier alpha value is -0.570. The maximum atomic E-state index is 9.27. The SMILES string of the molecule is CCC/C=C(/O)S/C(O)=C\CCC. The largest absolute Gasteiger partial charge is 0.502 e. The molecule has 0 amide bonds. The van der Waals surface area contributed by atoms with E-state index in [1.54, 1.807) is 12.2 Å². The lowest BCUT2D eigenvalue weighted by Gasteiger charge is -1.98. The van der Waals surface area contributed by atoms with E-state index in [9.17, 15) is 10.2 Å². The first-order chi connectivity index (χ1) is 6.20. The van der Waals surface area contributed by atoms with Crippen LogP contribution < -0.4 is 0 Å². The van der Waals surface area contributed by atoms with Crippen molar-refractivity contribution >= 4 is 11.8 Å². The molecule has 0 saturated carbocycles. The van der Waals surface area contributed by atoms with E-state index in [4.69, 9.17) is 0 Å². The van der Waals surface area contributed by atoms with Gasteiger partial charge in [-0.25, -0.2) is 0 Å².